The van der Waals surface area contributed by atoms with Gasteiger partial charge in [-0.15, -0.1) is 0 Å². The highest BCUT2D eigenvalue weighted by Gasteiger charge is 2.33. The minimum absolute atomic E-state index is 0.0798. The molecule has 1 unspecified atom stereocenters. The van der Waals surface area contributed by atoms with E-state index in [2.05, 4.69) is 5.32 Å². The fraction of sp³-hybridized carbons (Fsp3) is 0.231. The molecule has 38 heavy (non-hydrogen) atoms. The maximum atomic E-state index is 13.4. The standard InChI is InChI=1S/C26H24ClNO8S2/c1-2-35-26(30)18-5-3-17(4-6-18)23-12-9-21(36-23)15-24(25(29)28-20-13-14-37(31,32)16-20)38(33,34)22-10-7-19(27)8-11-22/h3-12,15,20H,2,13-14,16H2,1H3,(H,28,29). The van der Waals surface area contributed by atoms with Crippen LogP contribution in [0.1, 0.15) is 29.5 Å². The number of amides is 1. The first-order valence-electron chi connectivity index (χ1n) is 11.6. The summed E-state index contributed by atoms with van der Waals surface area (Å²) in [6, 6.07) is 14.2. The SMILES string of the molecule is CCOC(=O)c1ccc(-c2ccc(C=C(C(=O)NC3CCS(=O)(=O)C3)S(=O)(=O)c3ccc(Cl)cc3)o2)cc1. The molecular weight excluding hydrogens is 554 g/mol. The molecule has 200 valence electrons. The minimum atomic E-state index is -4.33. The smallest absolute Gasteiger partial charge is 0.338 e. The first kappa shape index (κ1) is 27.6. The van der Waals surface area contributed by atoms with Gasteiger partial charge in [-0.3, -0.25) is 4.79 Å². The summed E-state index contributed by atoms with van der Waals surface area (Å²) in [4.78, 5) is 24.3. The molecule has 0 radical (unpaired) electrons. The Hall–Kier alpha value is -3.41. The molecule has 1 atom stereocenters. The number of nitrogens with one attached hydrogen (secondary N) is 1. The van der Waals surface area contributed by atoms with Crippen molar-refractivity contribution in [1.82, 2.24) is 5.32 Å². The third-order valence-electron chi connectivity index (χ3n) is 5.79. The molecule has 12 heteroatoms. The lowest BCUT2D eigenvalue weighted by Gasteiger charge is -2.14. The number of sulfone groups is 2. The third-order valence-corrected chi connectivity index (χ3v) is 9.58. The average Bonchev–Trinajstić information content (AvgIpc) is 3.48. The van der Waals surface area contributed by atoms with E-state index in [4.69, 9.17) is 20.8 Å². The van der Waals surface area contributed by atoms with Gasteiger partial charge >= 0.3 is 5.97 Å². The number of hydrogen-bond donors (Lipinski definition) is 1. The normalized spacial score (nSPS) is 17.2. The highest BCUT2D eigenvalue weighted by Crippen LogP contribution is 2.28. The Morgan fingerprint density at radius 1 is 1.08 bits per heavy atom. The summed E-state index contributed by atoms with van der Waals surface area (Å²) in [7, 11) is -7.64. The van der Waals surface area contributed by atoms with E-state index in [-0.39, 0.29) is 35.2 Å². The van der Waals surface area contributed by atoms with Gasteiger partial charge in [0.05, 0.1) is 28.6 Å². The molecule has 1 fully saturated rings. The van der Waals surface area contributed by atoms with Gasteiger partial charge in [-0.25, -0.2) is 21.6 Å². The summed E-state index contributed by atoms with van der Waals surface area (Å²) in [6.45, 7) is 1.96. The molecule has 1 amide bonds. The maximum absolute atomic E-state index is 13.4. The van der Waals surface area contributed by atoms with Gasteiger partial charge < -0.3 is 14.5 Å². The lowest BCUT2D eigenvalue weighted by Crippen LogP contribution is -2.38. The number of esters is 1. The van der Waals surface area contributed by atoms with Crippen molar-refractivity contribution in [3.8, 4) is 11.3 Å². The van der Waals surface area contributed by atoms with Crippen molar-refractivity contribution >= 4 is 49.2 Å². The zero-order valence-electron chi connectivity index (χ0n) is 20.2. The van der Waals surface area contributed by atoms with Crippen LogP contribution in [0.3, 0.4) is 0 Å². The lowest BCUT2D eigenvalue weighted by molar-refractivity contribution is -0.117. The van der Waals surface area contributed by atoms with E-state index in [1.807, 2.05) is 0 Å². The summed E-state index contributed by atoms with van der Waals surface area (Å²) >= 11 is 5.89. The monoisotopic (exact) mass is 577 g/mol. The second-order valence-electron chi connectivity index (χ2n) is 8.54. The molecule has 1 aliphatic rings. The first-order chi connectivity index (χ1) is 18.0. The fourth-order valence-corrected chi connectivity index (χ4v) is 6.99. The van der Waals surface area contributed by atoms with E-state index in [0.29, 0.717) is 21.9 Å². The Morgan fingerprint density at radius 2 is 1.76 bits per heavy atom. The van der Waals surface area contributed by atoms with Crippen molar-refractivity contribution in [3.05, 3.63) is 81.9 Å². The van der Waals surface area contributed by atoms with E-state index < -0.39 is 42.5 Å². The van der Waals surface area contributed by atoms with Gasteiger partial charge in [-0.05, 0) is 61.9 Å². The Labute approximate surface area is 225 Å². The first-order valence-corrected chi connectivity index (χ1v) is 15.3. The maximum Gasteiger partial charge on any atom is 0.338 e. The van der Waals surface area contributed by atoms with Crippen LogP contribution in [0.15, 0.2) is 74.9 Å². The van der Waals surface area contributed by atoms with Crippen LogP contribution in [-0.2, 0) is 29.2 Å². The molecule has 0 aliphatic carbocycles. The Morgan fingerprint density at radius 3 is 2.37 bits per heavy atom. The van der Waals surface area contributed by atoms with Crippen LogP contribution in [0.4, 0.5) is 0 Å². The van der Waals surface area contributed by atoms with E-state index in [1.165, 1.54) is 30.3 Å². The fourth-order valence-electron chi connectivity index (χ4n) is 3.87. The summed E-state index contributed by atoms with van der Waals surface area (Å²) in [5.74, 6) is -1.30. The van der Waals surface area contributed by atoms with Gasteiger partial charge in [0, 0.05) is 22.7 Å². The van der Waals surface area contributed by atoms with E-state index >= 15 is 0 Å². The summed E-state index contributed by atoms with van der Waals surface area (Å²) in [5, 5.41) is 2.85. The van der Waals surface area contributed by atoms with Crippen molar-refractivity contribution in [2.24, 2.45) is 0 Å². The Balaban J connectivity index is 1.67. The van der Waals surface area contributed by atoms with E-state index in [0.717, 1.165) is 6.08 Å². The third kappa shape index (κ3) is 6.35. The molecule has 1 N–H and O–H groups in total. The summed E-state index contributed by atoms with van der Waals surface area (Å²) < 4.78 is 61.3. The van der Waals surface area contributed by atoms with Crippen LogP contribution < -0.4 is 5.32 Å². The van der Waals surface area contributed by atoms with E-state index in [9.17, 15) is 26.4 Å². The number of ether oxygens (including phenoxy) is 1. The molecule has 3 aromatic rings. The predicted molar refractivity (Wildman–Crippen MR) is 142 cm³/mol. The second-order valence-corrected chi connectivity index (χ2v) is 13.1. The number of hydrogen-bond acceptors (Lipinski definition) is 8. The molecule has 1 aliphatic heterocycles. The molecule has 9 nitrogen and oxygen atoms in total. The van der Waals surface area contributed by atoms with Gasteiger partial charge in [-0.2, -0.15) is 0 Å². The van der Waals surface area contributed by atoms with Gasteiger partial charge in [0.25, 0.3) is 5.91 Å². The average molecular weight is 578 g/mol. The lowest BCUT2D eigenvalue weighted by atomic mass is 10.1. The van der Waals surface area contributed by atoms with Gasteiger partial charge in [0.15, 0.2) is 9.84 Å². The van der Waals surface area contributed by atoms with Crippen molar-refractivity contribution in [2.45, 2.75) is 24.3 Å². The minimum Gasteiger partial charge on any atom is -0.462 e. The Bertz CT molecular complexity index is 1590. The van der Waals surface area contributed by atoms with Gasteiger partial charge in [-0.1, -0.05) is 23.7 Å². The summed E-state index contributed by atoms with van der Waals surface area (Å²) in [6.07, 6.45) is 1.29. The zero-order valence-corrected chi connectivity index (χ0v) is 22.6. The largest absolute Gasteiger partial charge is 0.462 e. The number of carbonyl (C=O) groups excluding carboxylic acids is 2. The highest BCUT2D eigenvalue weighted by atomic mass is 35.5. The van der Waals surface area contributed by atoms with Gasteiger partial charge in [0.2, 0.25) is 9.84 Å². The number of halogens is 1. The number of rotatable bonds is 8. The number of carbonyl (C=O) groups is 2. The highest BCUT2D eigenvalue weighted by molar-refractivity contribution is 7.96. The topological polar surface area (TPSA) is 137 Å². The molecule has 0 bridgehead atoms. The zero-order chi connectivity index (χ0) is 27.5. The van der Waals surface area contributed by atoms with Crippen LogP contribution in [-0.4, -0.2) is 52.9 Å². The second kappa shape index (κ2) is 11.1. The number of benzene rings is 2. The quantitative estimate of drug-likeness (QED) is 0.314. The molecule has 0 saturated carbocycles. The van der Waals surface area contributed by atoms with Crippen LogP contribution in [0.2, 0.25) is 5.02 Å². The van der Waals surface area contributed by atoms with E-state index in [1.54, 1.807) is 37.3 Å². The molecule has 0 spiro atoms. The van der Waals surface area contributed by atoms with Crippen molar-refractivity contribution in [2.75, 3.05) is 18.1 Å². The van der Waals surface area contributed by atoms with Crippen LogP contribution in [0, 0.1) is 0 Å². The molecular formula is C26H24ClNO8S2. The van der Waals surface area contributed by atoms with Crippen molar-refractivity contribution < 1.29 is 35.6 Å². The molecule has 2 aromatic carbocycles. The Kier molecular flexibility index (Phi) is 8.10. The number of furan rings is 1. The summed E-state index contributed by atoms with van der Waals surface area (Å²) in [5.41, 5.74) is 0.977. The molecule has 4 rings (SSSR count). The van der Waals surface area contributed by atoms with Crippen molar-refractivity contribution in [1.29, 1.82) is 0 Å². The molecule has 2 heterocycles. The van der Waals surface area contributed by atoms with Gasteiger partial charge in [0.1, 0.15) is 16.4 Å². The predicted octanol–water partition coefficient (Wildman–Crippen LogP) is 3.89. The van der Waals surface area contributed by atoms with Crippen LogP contribution >= 0.6 is 11.6 Å². The van der Waals surface area contributed by atoms with Crippen LogP contribution in [0.5, 0.6) is 0 Å². The molecule has 1 aromatic heterocycles. The van der Waals surface area contributed by atoms with Crippen LogP contribution in [0.25, 0.3) is 17.4 Å². The van der Waals surface area contributed by atoms with Crippen molar-refractivity contribution in [3.63, 3.8) is 0 Å². The molecule has 1 saturated heterocycles.